The van der Waals surface area contributed by atoms with E-state index in [1.54, 1.807) is 6.20 Å². The van der Waals surface area contributed by atoms with Crippen LogP contribution in [0, 0.1) is 0 Å². The third-order valence-corrected chi connectivity index (χ3v) is 2.53. The Bertz CT molecular complexity index is 305. The van der Waals surface area contributed by atoms with Crippen LogP contribution in [0.5, 0.6) is 0 Å². The van der Waals surface area contributed by atoms with Crippen LogP contribution in [0.3, 0.4) is 0 Å². The van der Waals surface area contributed by atoms with E-state index in [4.69, 9.17) is 0 Å². The molecule has 0 radical (unpaired) electrons. The molecule has 0 unspecified atom stereocenters. The van der Waals surface area contributed by atoms with Crippen molar-refractivity contribution in [3.05, 3.63) is 21.9 Å². The Morgan fingerprint density at radius 3 is 3.09 bits per heavy atom. The first-order valence-corrected chi connectivity index (χ1v) is 4.22. The Kier molecular flexibility index (Phi) is 1.49. The average molecular weight is 215 g/mol. The van der Waals surface area contributed by atoms with Crippen LogP contribution < -0.4 is 5.32 Å². The van der Waals surface area contributed by atoms with Crippen LogP contribution in [0.4, 0.5) is 0 Å². The number of halogens is 1. The van der Waals surface area contributed by atoms with Gasteiger partial charge in [-0.3, -0.25) is 4.79 Å². The number of nitrogens with one attached hydrogen (secondary N) is 2. The van der Waals surface area contributed by atoms with Gasteiger partial charge in [-0.2, -0.15) is 0 Å². The molecular weight excluding hydrogens is 208 g/mol. The third-order valence-electron chi connectivity index (χ3n) is 1.82. The molecule has 0 aliphatic carbocycles. The molecule has 3 nitrogen and oxygen atoms in total. The van der Waals surface area contributed by atoms with Crippen molar-refractivity contribution in [1.29, 1.82) is 0 Å². The first-order valence-electron chi connectivity index (χ1n) is 3.43. The molecule has 1 aliphatic heterocycles. The van der Waals surface area contributed by atoms with Gasteiger partial charge in [-0.1, -0.05) is 0 Å². The minimum absolute atomic E-state index is 0.00282. The number of aromatic amines is 1. The molecule has 58 valence electrons. The van der Waals surface area contributed by atoms with Crippen LogP contribution >= 0.6 is 15.9 Å². The molecular formula is C7H7BrN2O. The van der Waals surface area contributed by atoms with Gasteiger partial charge in [0.1, 0.15) is 5.69 Å². The maximum absolute atomic E-state index is 11.1. The summed E-state index contributed by atoms with van der Waals surface area (Å²) in [5.74, 6) is -0.00282. The number of H-pyrrole nitrogens is 1. The van der Waals surface area contributed by atoms with Gasteiger partial charge in [-0.15, -0.1) is 0 Å². The van der Waals surface area contributed by atoms with Gasteiger partial charge in [0.15, 0.2) is 0 Å². The van der Waals surface area contributed by atoms with Crippen molar-refractivity contribution in [3.63, 3.8) is 0 Å². The van der Waals surface area contributed by atoms with Gasteiger partial charge in [0.2, 0.25) is 0 Å². The van der Waals surface area contributed by atoms with Gasteiger partial charge in [0.25, 0.3) is 5.91 Å². The maximum atomic E-state index is 11.1. The zero-order valence-corrected chi connectivity index (χ0v) is 7.36. The fraction of sp³-hybridized carbons (Fsp3) is 0.286. The Hall–Kier alpha value is -0.770. The number of amides is 1. The molecule has 2 heterocycles. The van der Waals surface area contributed by atoms with E-state index in [0.717, 1.165) is 23.0 Å². The van der Waals surface area contributed by atoms with Gasteiger partial charge < -0.3 is 10.3 Å². The number of hydrogen-bond donors (Lipinski definition) is 2. The fourth-order valence-corrected chi connectivity index (χ4v) is 1.78. The summed E-state index contributed by atoms with van der Waals surface area (Å²) in [5, 5.41) is 2.76. The second kappa shape index (κ2) is 2.37. The highest BCUT2D eigenvalue weighted by atomic mass is 79.9. The summed E-state index contributed by atoms with van der Waals surface area (Å²) in [7, 11) is 0. The summed E-state index contributed by atoms with van der Waals surface area (Å²) in [4.78, 5) is 14.1. The van der Waals surface area contributed by atoms with Crippen molar-refractivity contribution >= 4 is 21.8 Å². The molecule has 2 N–H and O–H groups in total. The number of rotatable bonds is 0. The van der Waals surface area contributed by atoms with E-state index >= 15 is 0 Å². The van der Waals surface area contributed by atoms with Gasteiger partial charge >= 0.3 is 0 Å². The van der Waals surface area contributed by atoms with Crippen LogP contribution in [0.2, 0.25) is 0 Å². The first kappa shape index (κ1) is 6.91. The molecule has 0 saturated heterocycles. The van der Waals surface area contributed by atoms with E-state index in [-0.39, 0.29) is 5.91 Å². The SMILES string of the molecule is O=C1NCCc2c(Br)c[nH]c21. The van der Waals surface area contributed by atoms with Gasteiger partial charge in [-0.05, 0) is 27.9 Å². The minimum atomic E-state index is -0.00282. The molecule has 4 heteroatoms. The van der Waals surface area contributed by atoms with E-state index in [9.17, 15) is 4.79 Å². The molecule has 0 bridgehead atoms. The van der Waals surface area contributed by atoms with E-state index in [1.165, 1.54) is 0 Å². The van der Waals surface area contributed by atoms with Crippen LogP contribution in [-0.4, -0.2) is 17.4 Å². The largest absolute Gasteiger partial charge is 0.356 e. The third kappa shape index (κ3) is 0.976. The Morgan fingerprint density at radius 1 is 1.55 bits per heavy atom. The maximum Gasteiger partial charge on any atom is 0.268 e. The highest BCUT2D eigenvalue weighted by Gasteiger charge is 2.19. The smallest absolute Gasteiger partial charge is 0.268 e. The highest BCUT2D eigenvalue weighted by molar-refractivity contribution is 9.10. The Labute approximate surface area is 72.3 Å². The molecule has 0 atom stereocenters. The summed E-state index contributed by atoms with van der Waals surface area (Å²) < 4.78 is 1.00. The van der Waals surface area contributed by atoms with E-state index in [1.807, 2.05) is 0 Å². The first-order chi connectivity index (χ1) is 5.29. The normalized spacial score (nSPS) is 15.9. The van der Waals surface area contributed by atoms with Crippen molar-refractivity contribution in [2.24, 2.45) is 0 Å². The molecule has 0 saturated carbocycles. The summed E-state index contributed by atoms with van der Waals surface area (Å²) in [6, 6.07) is 0. The standard InChI is InChI=1S/C7H7BrN2O/c8-5-3-10-6-4(5)1-2-9-7(6)11/h3,10H,1-2H2,(H,9,11). The van der Waals surface area contributed by atoms with Crippen molar-refractivity contribution in [1.82, 2.24) is 10.3 Å². The number of fused-ring (bicyclic) bond motifs is 1. The Balaban J connectivity index is 2.55. The molecule has 1 aliphatic rings. The summed E-state index contributed by atoms with van der Waals surface area (Å²) in [6.45, 7) is 0.738. The lowest BCUT2D eigenvalue weighted by Gasteiger charge is -2.11. The van der Waals surface area contributed by atoms with Crippen molar-refractivity contribution in [2.75, 3.05) is 6.54 Å². The molecule has 0 fully saturated rings. The van der Waals surface area contributed by atoms with Gasteiger partial charge in [0, 0.05) is 17.2 Å². The molecule has 1 amide bonds. The molecule has 1 aromatic heterocycles. The molecule has 2 rings (SSSR count). The summed E-state index contributed by atoms with van der Waals surface area (Å²) in [5.41, 5.74) is 1.79. The number of carbonyl (C=O) groups excluding carboxylic acids is 1. The predicted octanol–water partition coefficient (Wildman–Crippen LogP) is 1.06. The highest BCUT2D eigenvalue weighted by Crippen LogP contribution is 2.22. The zero-order chi connectivity index (χ0) is 7.84. The van der Waals surface area contributed by atoms with Gasteiger partial charge in [-0.25, -0.2) is 0 Å². The van der Waals surface area contributed by atoms with Crippen LogP contribution in [0.15, 0.2) is 10.7 Å². The average Bonchev–Trinajstić information content (AvgIpc) is 2.35. The fourth-order valence-electron chi connectivity index (χ4n) is 1.27. The number of aromatic nitrogens is 1. The van der Waals surface area contributed by atoms with Crippen molar-refractivity contribution < 1.29 is 4.79 Å². The number of carbonyl (C=O) groups is 1. The van der Waals surface area contributed by atoms with Crippen LogP contribution in [0.1, 0.15) is 16.1 Å². The second-order valence-corrected chi connectivity index (χ2v) is 3.35. The number of hydrogen-bond acceptors (Lipinski definition) is 1. The quantitative estimate of drug-likeness (QED) is 0.667. The van der Waals surface area contributed by atoms with E-state index in [2.05, 4.69) is 26.2 Å². The van der Waals surface area contributed by atoms with E-state index in [0.29, 0.717) is 5.69 Å². The Morgan fingerprint density at radius 2 is 2.36 bits per heavy atom. The lowest BCUT2D eigenvalue weighted by molar-refractivity contribution is 0.0941. The summed E-state index contributed by atoms with van der Waals surface area (Å²) in [6.07, 6.45) is 2.71. The van der Waals surface area contributed by atoms with Crippen LogP contribution in [-0.2, 0) is 6.42 Å². The predicted molar refractivity (Wildman–Crippen MR) is 44.5 cm³/mol. The van der Waals surface area contributed by atoms with Gasteiger partial charge in [0.05, 0.1) is 0 Å². The monoisotopic (exact) mass is 214 g/mol. The molecule has 1 aromatic rings. The topological polar surface area (TPSA) is 44.9 Å². The van der Waals surface area contributed by atoms with E-state index < -0.39 is 0 Å². The zero-order valence-electron chi connectivity index (χ0n) is 5.78. The van der Waals surface area contributed by atoms with Crippen LogP contribution in [0.25, 0.3) is 0 Å². The lowest BCUT2D eigenvalue weighted by Crippen LogP contribution is -2.31. The molecule has 0 spiro atoms. The molecule has 0 aromatic carbocycles. The minimum Gasteiger partial charge on any atom is -0.356 e. The van der Waals surface area contributed by atoms with Crippen molar-refractivity contribution in [3.8, 4) is 0 Å². The lowest BCUT2D eigenvalue weighted by atomic mass is 10.1. The summed E-state index contributed by atoms with van der Waals surface area (Å²) >= 11 is 3.37. The van der Waals surface area contributed by atoms with Crippen molar-refractivity contribution in [2.45, 2.75) is 6.42 Å². The second-order valence-electron chi connectivity index (χ2n) is 2.50. The molecule has 11 heavy (non-hydrogen) atoms.